The van der Waals surface area contributed by atoms with Crippen molar-refractivity contribution < 1.29 is 19.6 Å². The minimum absolute atomic E-state index is 0.0997. The summed E-state index contributed by atoms with van der Waals surface area (Å²) in [4.78, 5) is 21.0. The fraction of sp³-hybridized carbons (Fsp3) is 0.364. The first-order chi connectivity index (χ1) is 7.95. The van der Waals surface area contributed by atoms with Crippen molar-refractivity contribution in [2.24, 2.45) is 0 Å². The monoisotopic (exact) mass is 239 g/mol. The number of benzene rings is 1. The summed E-state index contributed by atoms with van der Waals surface area (Å²) in [6.45, 7) is 1.34. The Hall–Kier alpha value is -1.95. The fourth-order valence-electron chi connectivity index (χ4n) is 1.48. The van der Waals surface area contributed by atoms with Crippen molar-refractivity contribution >= 4 is 11.5 Å². The van der Waals surface area contributed by atoms with Gasteiger partial charge in [-0.25, -0.2) is 0 Å². The van der Waals surface area contributed by atoms with E-state index in [1.54, 1.807) is 0 Å². The van der Waals surface area contributed by atoms with Crippen LogP contribution in [0.5, 0.6) is 5.75 Å². The van der Waals surface area contributed by atoms with Gasteiger partial charge in [0.15, 0.2) is 0 Å². The molecule has 1 unspecified atom stereocenters. The molecular formula is C11H13NO5. The van der Waals surface area contributed by atoms with Crippen LogP contribution >= 0.6 is 0 Å². The molecule has 6 nitrogen and oxygen atoms in total. The maximum absolute atomic E-state index is 10.9. The number of nitro benzene ring substituents is 1. The number of nitro groups is 1. The standard InChI is InChI=1S/C11H13NO5/c1-7(13)5-10(14)9-6-8(12(15)16)3-4-11(9)17-2/h3-4,6,10,14H,5H2,1-2H3. The fourth-order valence-corrected chi connectivity index (χ4v) is 1.48. The van der Waals surface area contributed by atoms with Gasteiger partial charge in [-0.3, -0.25) is 14.9 Å². The number of carbonyl (C=O) groups excluding carboxylic acids is 1. The van der Waals surface area contributed by atoms with Crippen LogP contribution in [0.3, 0.4) is 0 Å². The zero-order valence-electron chi connectivity index (χ0n) is 9.54. The molecule has 17 heavy (non-hydrogen) atoms. The number of hydrogen-bond acceptors (Lipinski definition) is 5. The van der Waals surface area contributed by atoms with Gasteiger partial charge in [0, 0.05) is 24.1 Å². The molecule has 0 spiro atoms. The average Bonchev–Trinajstić information content (AvgIpc) is 2.27. The van der Waals surface area contributed by atoms with E-state index in [9.17, 15) is 20.0 Å². The van der Waals surface area contributed by atoms with Crippen LogP contribution in [0, 0.1) is 10.1 Å². The quantitative estimate of drug-likeness (QED) is 0.622. The van der Waals surface area contributed by atoms with Crippen LogP contribution in [0.4, 0.5) is 5.69 Å². The molecule has 0 bridgehead atoms. The highest BCUT2D eigenvalue weighted by Crippen LogP contribution is 2.30. The number of methoxy groups -OCH3 is 1. The average molecular weight is 239 g/mol. The minimum atomic E-state index is -1.10. The molecule has 0 aromatic heterocycles. The van der Waals surface area contributed by atoms with Crippen molar-refractivity contribution in [1.29, 1.82) is 0 Å². The molecule has 1 aromatic rings. The van der Waals surface area contributed by atoms with E-state index in [-0.39, 0.29) is 23.5 Å². The van der Waals surface area contributed by atoms with Gasteiger partial charge in [-0.2, -0.15) is 0 Å². The molecule has 6 heteroatoms. The predicted octanol–water partition coefficient (Wildman–Crippen LogP) is 1.62. The number of Topliss-reactive ketones (excluding diaryl/α,β-unsaturated/α-hetero) is 1. The van der Waals surface area contributed by atoms with Crippen molar-refractivity contribution in [2.75, 3.05) is 7.11 Å². The summed E-state index contributed by atoms with van der Waals surface area (Å²) in [5, 5.41) is 20.4. The van der Waals surface area contributed by atoms with Gasteiger partial charge in [0.05, 0.1) is 18.1 Å². The summed E-state index contributed by atoms with van der Waals surface area (Å²) in [5.41, 5.74) is 0.0975. The molecule has 0 aliphatic carbocycles. The van der Waals surface area contributed by atoms with Crippen molar-refractivity contribution in [1.82, 2.24) is 0 Å². The highest BCUT2D eigenvalue weighted by molar-refractivity contribution is 5.76. The number of nitrogens with zero attached hydrogens (tertiary/aromatic N) is 1. The van der Waals surface area contributed by atoms with E-state index in [4.69, 9.17) is 4.74 Å². The Morgan fingerprint density at radius 1 is 1.59 bits per heavy atom. The molecule has 0 aliphatic rings. The van der Waals surface area contributed by atoms with Crippen molar-refractivity contribution in [3.63, 3.8) is 0 Å². The van der Waals surface area contributed by atoms with Gasteiger partial charge in [-0.15, -0.1) is 0 Å². The SMILES string of the molecule is COc1ccc([N+](=O)[O-])cc1C(O)CC(C)=O. The first-order valence-corrected chi connectivity index (χ1v) is 4.95. The molecular weight excluding hydrogens is 226 g/mol. The van der Waals surface area contributed by atoms with Crippen LogP contribution in [-0.4, -0.2) is 22.9 Å². The van der Waals surface area contributed by atoms with Gasteiger partial charge >= 0.3 is 0 Å². The lowest BCUT2D eigenvalue weighted by Crippen LogP contribution is -2.06. The number of non-ortho nitro benzene ring substituents is 1. The lowest BCUT2D eigenvalue weighted by Gasteiger charge is -2.13. The molecule has 0 radical (unpaired) electrons. The second-order valence-corrected chi connectivity index (χ2v) is 3.61. The van der Waals surface area contributed by atoms with Crippen LogP contribution in [0.25, 0.3) is 0 Å². The van der Waals surface area contributed by atoms with Gasteiger partial charge in [0.2, 0.25) is 0 Å². The Balaban J connectivity index is 3.13. The Kier molecular flexibility index (Phi) is 4.17. The topological polar surface area (TPSA) is 89.7 Å². The van der Waals surface area contributed by atoms with Crippen LogP contribution in [0.15, 0.2) is 18.2 Å². The molecule has 1 atom stereocenters. The lowest BCUT2D eigenvalue weighted by atomic mass is 10.0. The molecule has 0 aliphatic heterocycles. The zero-order valence-corrected chi connectivity index (χ0v) is 9.54. The molecule has 0 saturated carbocycles. The summed E-state index contributed by atoms with van der Waals surface area (Å²) in [6.07, 6.45) is -1.19. The molecule has 0 fully saturated rings. The molecule has 0 heterocycles. The van der Waals surface area contributed by atoms with E-state index in [1.165, 1.54) is 32.2 Å². The van der Waals surface area contributed by atoms with Crippen LogP contribution < -0.4 is 4.74 Å². The summed E-state index contributed by atoms with van der Waals surface area (Å²) < 4.78 is 4.99. The summed E-state index contributed by atoms with van der Waals surface area (Å²) in [6, 6.07) is 3.89. The Morgan fingerprint density at radius 3 is 2.71 bits per heavy atom. The summed E-state index contributed by atoms with van der Waals surface area (Å²) >= 11 is 0. The molecule has 1 aromatic carbocycles. The Morgan fingerprint density at radius 2 is 2.24 bits per heavy atom. The summed E-state index contributed by atoms with van der Waals surface area (Å²) in [7, 11) is 1.39. The van der Waals surface area contributed by atoms with Gasteiger partial charge in [-0.05, 0) is 13.0 Å². The first-order valence-electron chi connectivity index (χ1n) is 4.95. The van der Waals surface area contributed by atoms with Gasteiger partial charge in [0.1, 0.15) is 11.5 Å². The zero-order chi connectivity index (χ0) is 13.0. The molecule has 1 N–H and O–H groups in total. The van der Waals surface area contributed by atoms with Crippen molar-refractivity contribution in [3.8, 4) is 5.75 Å². The van der Waals surface area contributed by atoms with E-state index in [2.05, 4.69) is 0 Å². The minimum Gasteiger partial charge on any atom is -0.496 e. The van der Waals surface area contributed by atoms with Crippen LogP contribution in [0.1, 0.15) is 25.0 Å². The number of rotatable bonds is 5. The Labute approximate surface area is 98.0 Å². The number of carbonyl (C=O) groups is 1. The van der Waals surface area contributed by atoms with E-state index in [0.717, 1.165) is 0 Å². The number of ether oxygens (including phenoxy) is 1. The molecule has 92 valence electrons. The maximum atomic E-state index is 10.9. The van der Waals surface area contributed by atoms with Gasteiger partial charge < -0.3 is 9.84 Å². The van der Waals surface area contributed by atoms with Gasteiger partial charge in [0.25, 0.3) is 5.69 Å². The van der Waals surface area contributed by atoms with Crippen molar-refractivity contribution in [2.45, 2.75) is 19.4 Å². The van der Waals surface area contributed by atoms with Crippen molar-refractivity contribution in [3.05, 3.63) is 33.9 Å². The Bertz CT molecular complexity index is 443. The smallest absolute Gasteiger partial charge is 0.270 e. The maximum Gasteiger partial charge on any atom is 0.270 e. The number of aliphatic hydroxyl groups excluding tert-OH is 1. The third-order valence-corrected chi connectivity index (χ3v) is 2.26. The highest BCUT2D eigenvalue weighted by atomic mass is 16.6. The van der Waals surface area contributed by atoms with Gasteiger partial charge in [-0.1, -0.05) is 0 Å². The van der Waals surface area contributed by atoms with Crippen LogP contribution in [-0.2, 0) is 4.79 Å². The molecule has 1 rings (SSSR count). The largest absolute Gasteiger partial charge is 0.496 e. The van der Waals surface area contributed by atoms with E-state index in [1.807, 2.05) is 0 Å². The lowest BCUT2D eigenvalue weighted by molar-refractivity contribution is -0.385. The second kappa shape index (κ2) is 5.40. The first kappa shape index (κ1) is 13.1. The number of hydrogen-bond donors (Lipinski definition) is 1. The predicted molar refractivity (Wildman–Crippen MR) is 59.9 cm³/mol. The third kappa shape index (κ3) is 3.25. The van der Waals surface area contributed by atoms with E-state index >= 15 is 0 Å². The van der Waals surface area contributed by atoms with E-state index < -0.39 is 11.0 Å². The molecule has 0 saturated heterocycles. The normalized spacial score (nSPS) is 11.9. The third-order valence-electron chi connectivity index (χ3n) is 2.26. The van der Waals surface area contributed by atoms with E-state index in [0.29, 0.717) is 5.75 Å². The van der Waals surface area contributed by atoms with Crippen LogP contribution in [0.2, 0.25) is 0 Å². The summed E-state index contributed by atoms with van der Waals surface area (Å²) in [5.74, 6) is 0.121. The highest BCUT2D eigenvalue weighted by Gasteiger charge is 2.19. The number of aliphatic hydroxyl groups is 1. The number of ketones is 1. The molecule has 0 amide bonds. The second-order valence-electron chi connectivity index (χ2n) is 3.61.